The first-order valence-electron chi connectivity index (χ1n) is 20.8. The van der Waals surface area contributed by atoms with Crippen LogP contribution in [0.3, 0.4) is 0 Å². The monoisotopic (exact) mass is 786 g/mol. The highest BCUT2D eigenvalue weighted by Gasteiger charge is 2.50. The van der Waals surface area contributed by atoms with E-state index in [0.717, 1.165) is 34.2 Å². The summed E-state index contributed by atoms with van der Waals surface area (Å²) in [6.45, 7) is 18.1. The van der Waals surface area contributed by atoms with Crippen LogP contribution >= 0.6 is 11.3 Å². The third kappa shape index (κ3) is 5.77. The number of amidine groups is 2. The van der Waals surface area contributed by atoms with Crippen molar-refractivity contribution in [2.45, 2.75) is 77.5 Å². The topological polar surface area (TPSA) is 31.2 Å². The fourth-order valence-corrected chi connectivity index (χ4v) is 10.3. The lowest BCUT2D eigenvalue weighted by atomic mass is 9.83. The van der Waals surface area contributed by atoms with Gasteiger partial charge in [0, 0.05) is 42.7 Å². The Kier molecular flexibility index (Phi) is 8.36. The first kappa shape index (κ1) is 37.2. The molecule has 0 saturated heterocycles. The maximum atomic E-state index is 5.33. The van der Waals surface area contributed by atoms with E-state index in [1.165, 1.54) is 53.2 Å². The molecule has 3 heterocycles. The summed E-state index contributed by atoms with van der Waals surface area (Å²) in [5.41, 5.74) is 8.57. The fraction of sp³-hybridized carbons (Fsp3) is 0.222. The quantitative estimate of drug-likeness (QED) is 0.168. The van der Waals surface area contributed by atoms with Gasteiger partial charge in [-0.1, -0.05) is 121 Å². The van der Waals surface area contributed by atoms with Crippen molar-refractivity contribution in [2.75, 3.05) is 9.80 Å². The number of benzene rings is 7. The van der Waals surface area contributed by atoms with Gasteiger partial charge in [0.15, 0.2) is 0 Å². The van der Waals surface area contributed by atoms with Crippen molar-refractivity contribution in [1.82, 2.24) is 0 Å². The number of anilines is 2. The lowest BCUT2D eigenvalue weighted by Gasteiger charge is -2.41. The number of fused-ring (bicyclic) bond motifs is 5. The summed E-state index contributed by atoms with van der Waals surface area (Å²) in [6, 6.07) is 57.7. The van der Waals surface area contributed by atoms with Crippen LogP contribution in [0, 0.1) is 0 Å². The summed E-state index contributed by atoms with van der Waals surface area (Å²) in [6.07, 6.45) is 0. The molecule has 1 aromatic heterocycles. The van der Waals surface area contributed by atoms with Gasteiger partial charge in [0.25, 0.3) is 0 Å². The van der Waals surface area contributed by atoms with Crippen LogP contribution in [0.4, 0.5) is 11.4 Å². The van der Waals surface area contributed by atoms with Crippen molar-refractivity contribution in [3.05, 3.63) is 169 Å². The minimum Gasteiger partial charge on any atom is -0.318 e. The summed E-state index contributed by atoms with van der Waals surface area (Å²) in [7, 11) is 0. The summed E-state index contributed by atoms with van der Waals surface area (Å²) in [5.74, 6) is 2.03. The van der Waals surface area contributed by atoms with Gasteiger partial charge in [-0.3, -0.25) is 9.98 Å². The molecule has 0 spiro atoms. The molecule has 0 N–H and O–H groups in total. The first-order chi connectivity index (χ1) is 28.2. The SMILES string of the molecule is CC1(C)N=C(c2ccc(-c3ccc4c(c3)sc3cc(-c5ccc(C6=NC(C)(C)C(C)(C)N6c6ccccc6)cc5)c5ccccc5c34)cc2)N(c2ccccc2)C1(C)C. The Morgan fingerprint density at radius 3 is 1.36 bits per heavy atom. The zero-order chi connectivity index (χ0) is 40.9. The maximum Gasteiger partial charge on any atom is 0.136 e. The smallest absolute Gasteiger partial charge is 0.136 e. The van der Waals surface area contributed by atoms with Gasteiger partial charge in [-0.05, 0) is 125 Å². The number of rotatable bonds is 6. The van der Waals surface area contributed by atoms with E-state index in [1.807, 2.05) is 11.3 Å². The molecule has 0 aliphatic carbocycles. The Morgan fingerprint density at radius 1 is 0.390 bits per heavy atom. The van der Waals surface area contributed by atoms with Gasteiger partial charge < -0.3 is 9.80 Å². The highest BCUT2D eigenvalue weighted by atomic mass is 32.1. The van der Waals surface area contributed by atoms with Crippen molar-refractivity contribution in [3.8, 4) is 22.3 Å². The molecule has 10 rings (SSSR count). The number of thiophene rings is 1. The third-order valence-corrected chi connectivity index (χ3v) is 14.8. The average Bonchev–Trinajstić information content (AvgIpc) is 3.77. The zero-order valence-electron chi connectivity index (χ0n) is 35.2. The van der Waals surface area contributed by atoms with Gasteiger partial charge in [0.1, 0.15) is 11.7 Å². The van der Waals surface area contributed by atoms with Gasteiger partial charge in [0.05, 0.1) is 22.2 Å². The average molecular weight is 787 g/mol. The molecule has 0 amide bonds. The van der Waals surface area contributed by atoms with E-state index in [-0.39, 0.29) is 22.2 Å². The predicted molar refractivity (Wildman–Crippen MR) is 255 cm³/mol. The molecule has 0 bridgehead atoms. The van der Waals surface area contributed by atoms with Crippen molar-refractivity contribution < 1.29 is 0 Å². The molecule has 0 atom stereocenters. The fourth-order valence-electron chi connectivity index (χ4n) is 9.08. The molecule has 59 heavy (non-hydrogen) atoms. The molecule has 8 aromatic rings. The van der Waals surface area contributed by atoms with Crippen molar-refractivity contribution in [3.63, 3.8) is 0 Å². The summed E-state index contributed by atoms with van der Waals surface area (Å²) < 4.78 is 2.60. The van der Waals surface area contributed by atoms with Crippen LogP contribution in [0.2, 0.25) is 0 Å². The van der Waals surface area contributed by atoms with Crippen LogP contribution in [-0.4, -0.2) is 33.8 Å². The molecule has 0 unspecified atom stereocenters. The van der Waals surface area contributed by atoms with Gasteiger partial charge in [-0.15, -0.1) is 11.3 Å². The molecule has 0 saturated carbocycles. The second-order valence-corrected chi connectivity index (χ2v) is 19.3. The second kappa shape index (κ2) is 13.2. The molecule has 2 aliphatic heterocycles. The van der Waals surface area contributed by atoms with E-state index in [0.29, 0.717) is 0 Å². The van der Waals surface area contributed by atoms with Crippen molar-refractivity contribution >= 4 is 65.3 Å². The Labute approximate surface area is 352 Å². The highest BCUT2D eigenvalue weighted by molar-refractivity contribution is 7.26. The Bertz CT molecular complexity index is 2970. The minimum absolute atomic E-state index is 0.188. The second-order valence-electron chi connectivity index (χ2n) is 18.3. The third-order valence-electron chi connectivity index (χ3n) is 13.7. The number of nitrogens with zero attached hydrogens (tertiary/aromatic N) is 4. The molecular weight excluding hydrogens is 737 g/mol. The normalized spacial score (nSPS) is 17.8. The molecule has 0 radical (unpaired) electrons. The summed E-state index contributed by atoms with van der Waals surface area (Å²) in [5, 5.41) is 5.19. The van der Waals surface area contributed by atoms with Crippen LogP contribution < -0.4 is 9.80 Å². The maximum absolute atomic E-state index is 5.33. The zero-order valence-corrected chi connectivity index (χ0v) is 36.0. The Morgan fingerprint density at radius 2 is 0.831 bits per heavy atom. The molecule has 2 aliphatic rings. The molecule has 4 nitrogen and oxygen atoms in total. The number of hydrogen-bond acceptors (Lipinski definition) is 5. The molecule has 292 valence electrons. The van der Waals surface area contributed by atoms with Gasteiger partial charge in [0.2, 0.25) is 0 Å². The predicted octanol–water partition coefficient (Wildman–Crippen LogP) is 14.2. The number of aliphatic imine (C=N–C) groups is 2. The van der Waals surface area contributed by atoms with Crippen LogP contribution in [0.25, 0.3) is 53.2 Å². The largest absolute Gasteiger partial charge is 0.318 e. The van der Waals surface area contributed by atoms with Gasteiger partial charge in [-0.25, -0.2) is 0 Å². The lowest BCUT2D eigenvalue weighted by Crippen LogP contribution is -2.53. The lowest BCUT2D eigenvalue weighted by molar-refractivity contribution is 0.338. The molecular formula is C54H50N4S. The first-order valence-corrected chi connectivity index (χ1v) is 21.6. The van der Waals surface area contributed by atoms with Crippen LogP contribution in [0.15, 0.2) is 168 Å². The van der Waals surface area contributed by atoms with Crippen molar-refractivity contribution in [2.24, 2.45) is 9.98 Å². The molecule has 5 heteroatoms. The Hall–Kier alpha value is -6.04. The number of hydrogen-bond donors (Lipinski definition) is 0. The summed E-state index contributed by atoms with van der Waals surface area (Å²) >= 11 is 1.88. The van der Waals surface area contributed by atoms with E-state index in [1.54, 1.807) is 0 Å². The van der Waals surface area contributed by atoms with E-state index in [2.05, 4.69) is 223 Å². The summed E-state index contributed by atoms with van der Waals surface area (Å²) in [4.78, 5) is 15.5. The highest BCUT2D eigenvalue weighted by Crippen LogP contribution is 2.46. The van der Waals surface area contributed by atoms with Gasteiger partial charge >= 0.3 is 0 Å². The standard InChI is InChI=1S/C54H50N4S/c1-51(2)53(5,6)57(40-17-11-9-12-18-40)49(55-51)37-27-23-35(24-28-37)39-31-32-44-46(33-39)59-47-34-45(42-21-15-16-22-43(42)48(44)47)36-25-29-38(30-26-36)50-56-52(3,4)54(7,8)58(50)41-19-13-10-14-20-41/h9-34H,1-8H3. The van der Waals surface area contributed by atoms with E-state index < -0.39 is 0 Å². The molecule has 0 fully saturated rings. The molecule has 7 aromatic carbocycles. The minimum atomic E-state index is -0.257. The van der Waals surface area contributed by atoms with Crippen LogP contribution in [0.5, 0.6) is 0 Å². The number of para-hydroxylation sites is 2. The van der Waals surface area contributed by atoms with E-state index in [4.69, 9.17) is 9.98 Å². The Balaban J connectivity index is 1.00. The van der Waals surface area contributed by atoms with E-state index >= 15 is 0 Å². The van der Waals surface area contributed by atoms with Crippen molar-refractivity contribution in [1.29, 1.82) is 0 Å². The van der Waals surface area contributed by atoms with Crippen LogP contribution in [-0.2, 0) is 0 Å². The van der Waals surface area contributed by atoms with Crippen LogP contribution in [0.1, 0.15) is 66.5 Å². The van der Waals surface area contributed by atoms with E-state index in [9.17, 15) is 0 Å². The van der Waals surface area contributed by atoms with Gasteiger partial charge in [-0.2, -0.15) is 0 Å².